The highest BCUT2D eigenvalue weighted by molar-refractivity contribution is 7.98. The molecule has 0 bridgehead atoms. The number of para-hydroxylation sites is 1. The molecule has 4 nitrogen and oxygen atoms in total. The number of nitrogens with one attached hydrogen (secondary N) is 2. The van der Waals surface area contributed by atoms with Gasteiger partial charge in [0.05, 0.1) is 31.3 Å². The Kier molecular flexibility index (Phi) is 6.40. The van der Waals surface area contributed by atoms with Gasteiger partial charge in [-0.2, -0.15) is 5.26 Å². The third-order valence-electron chi connectivity index (χ3n) is 2.72. The lowest BCUT2D eigenvalue weighted by Crippen LogP contribution is -3.10. The first-order valence-corrected chi connectivity index (χ1v) is 7.43. The number of benzene rings is 1. The quantitative estimate of drug-likeness (QED) is 0.764. The number of carbonyl (C=O) groups excluding carboxylic acids is 1. The Morgan fingerprint density at radius 3 is 2.84 bits per heavy atom. The number of amides is 1. The summed E-state index contributed by atoms with van der Waals surface area (Å²) in [5, 5.41) is 11.7. The Hall–Kier alpha value is -1.51. The number of carbonyl (C=O) groups is 1. The Bertz CT molecular complexity index is 470. The van der Waals surface area contributed by atoms with E-state index in [-0.39, 0.29) is 11.8 Å². The number of anilines is 1. The van der Waals surface area contributed by atoms with E-state index in [0.717, 1.165) is 15.5 Å². The van der Waals surface area contributed by atoms with Crippen molar-refractivity contribution >= 4 is 23.4 Å². The lowest BCUT2D eigenvalue weighted by atomic mass is 10.2. The van der Waals surface area contributed by atoms with E-state index in [1.807, 2.05) is 44.5 Å². The molecule has 0 fully saturated rings. The number of hydrogen-bond acceptors (Lipinski definition) is 3. The molecular weight excluding hydrogens is 258 g/mol. The summed E-state index contributed by atoms with van der Waals surface area (Å²) in [6.45, 7) is 2.91. The first-order valence-electron chi connectivity index (χ1n) is 6.20. The molecule has 0 heterocycles. The van der Waals surface area contributed by atoms with Crippen LogP contribution in [0.4, 0.5) is 5.69 Å². The van der Waals surface area contributed by atoms with Crippen molar-refractivity contribution < 1.29 is 9.69 Å². The summed E-state index contributed by atoms with van der Waals surface area (Å²) < 4.78 is 0. The number of nitriles is 1. The number of likely N-dealkylation sites (N-methyl/N-ethyl adjacent to an activating group) is 1. The summed E-state index contributed by atoms with van der Waals surface area (Å²) in [5.41, 5.74) is 0.848. The molecule has 0 aliphatic rings. The van der Waals surface area contributed by atoms with E-state index in [2.05, 4.69) is 11.4 Å². The van der Waals surface area contributed by atoms with Gasteiger partial charge in [-0.05, 0) is 25.3 Å². The number of nitrogens with zero attached hydrogens (tertiary/aromatic N) is 1. The first-order chi connectivity index (χ1) is 9.06. The normalized spacial score (nSPS) is 13.4. The van der Waals surface area contributed by atoms with Gasteiger partial charge in [-0.25, -0.2) is 0 Å². The third-order valence-corrected chi connectivity index (χ3v) is 3.51. The molecule has 0 aromatic heterocycles. The van der Waals surface area contributed by atoms with Crippen molar-refractivity contribution in [2.45, 2.75) is 11.8 Å². The minimum Gasteiger partial charge on any atom is -0.329 e. The van der Waals surface area contributed by atoms with Gasteiger partial charge in [0.25, 0.3) is 5.91 Å². The van der Waals surface area contributed by atoms with E-state index < -0.39 is 0 Å². The van der Waals surface area contributed by atoms with Crippen molar-refractivity contribution in [2.24, 2.45) is 5.92 Å². The van der Waals surface area contributed by atoms with Crippen LogP contribution in [-0.2, 0) is 4.79 Å². The van der Waals surface area contributed by atoms with Crippen LogP contribution in [0.15, 0.2) is 29.2 Å². The van der Waals surface area contributed by atoms with Gasteiger partial charge in [0, 0.05) is 4.90 Å². The third kappa shape index (κ3) is 5.33. The zero-order valence-electron chi connectivity index (χ0n) is 11.6. The monoisotopic (exact) mass is 278 g/mol. The summed E-state index contributed by atoms with van der Waals surface area (Å²) in [6, 6.07) is 9.92. The molecule has 0 spiro atoms. The molecule has 1 amide bonds. The zero-order valence-corrected chi connectivity index (χ0v) is 12.4. The Balaban J connectivity index is 2.54. The van der Waals surface area contributed by atoms with Gasteiger partial charge in [-0.1, -0.05) is 12.1 Å². The van der Waals surface area contributed by atoms with Crippen LogP contribution >= 0.6 is 11.8 Å². The van der Waals surface area contributed by atoms with Crippen LogP contribution in [0.25, 0.3) is 0 Å². The summed E-state index contributed by atoms with van der Waals surface area (Å²) in [5.74, 6) is -0.0598. The van der Waals surface area contributed by atoms with Gasteiger partial charge in [0.2, 0.25) is 0 Å². The molecule has 1 unspecified atom stereocenters. The van der Waals surface area contributed by atoms with E-state index in [4.69, 9.17) is 5.26 Å². The van der Waals surface area contributed by atoms with E-state index >= 15 is 0 Å². The maximum Gasteiger partial charge on any atom is 0.279 e. The van der Waals surface area contributed by atoms with Crippen molar-refractivity contribution in [3.8, 4) is 6.07 Å². The Morgan fingerprint density at radius 2 is 2.21 bits per heavy atom. The highest BCUT2D eigenvalue weighted by atomic mass is 32.2. The van der Waals surface area contributed by atoms with Gasteiger partial charge in [-0.15, -0.1) is 11.8 Å². The number of quaternary nitrogens is 1. The smallest absolute Gasteiger partial charge is 0.279 e. The van der Waals surface area contributed by atoms with Crippen LogP contribution in [0.1, 0.15) is 6.92 Å². The molecule has 1 aromatic rings. The largest absolute Gasteiger partial charge is 0.329 e. The van der Waals surface area contributed by atoms with Crippen molar-refractivity contribution in [1.29, 1.82) is 5.26 Å². The number of thioether (sulfide) groups is 1. The van der Waals surface area contributed by atoms with Crippen LogP contribution in [0, 0.1) is 17.2 Å². The minimum absolute atomic E-state index is 0.0239. The summed E-state index contributed by atoms with van der Waals surface area (Å²) >= 11 is 1.61. The Labute approximate surface area is 118 Å². The average Bonchev–Trinajstić information content (AvgIpc) is 2.38. The molecule has 0 aliphatic heterocycles. The minimum atomic E-state index is -0.0358. The van der Waals surface area contributed by atoms with Crippen LogP contribution in [-0.4, -0.2) is 32.3 Å². The second-order valence-corrected chi connectivity index (χ2v) is 5.46. The molecule has 1 rings (SSSR count). The molecule has 19 heavy (non-hydrogen) atoms. The van der Waals surface area contributed by atoms with E-state index in [0.29, 0.717) is 13.1 Å². The molecule has 0 saturated heterocycles. The molecule has 1 aromatic carbocycles. The van der Waals surface area contributed by atoms with Gasteiger partial charge < -0.3 is 10.2 Å². The van der Waals surface area contributed by atoms with Gasteiger partial charge in [-0.3, -0.25) is 4.79 Å². The van der Waals surface area contributed by atoms with Crippen molar-refractivity contribution in [3.05, 3.63) is 24.3 Å². The summed E-state index contributed by atoms with van der Waals surface area (Å²) in [7, 11) is 1.92. The van der Waals surface area contributed by atoms with Crippen molar-refractivity contribution in [3.63, 3.8) is 0 Å². The number of rotatable bonds is 6. The van der Waals surface area contributed by atoms with Crippen LogP contribution < -0.4 is 10.2 Å². The highest BCUT2D eigenvalue weighted by Gasteiger charge is 2.14. The predicted octanol–water partition coefficient (Wildman–Crippen LogP) is 1.02. The maximum absolute atomic E-state index is 11.9. The second-order valence-electron chi connectivity index (χ2n) is 4.62. The Morgan fingerprint density at radius 1 is 1.53 bits per heavy atom. The SMILES string of the molecule is CSc1ccccc1NC(=O)C[NH+](C)C[C@H](C)C#N. The zero-order chi connectivity index (χ0) is 14.3. The standard InChI is InChI=1S/C14H19N3OS/c1-11(8-15)9-17(2)10-14(18)16-12-6-4-5-7-13(12)19-3/h4-7,11H,9-10H2,1-3H3,(H,16,18)/p+1/t11-/m1/s1. The molecular formula is C14H20N3OS+. The topological polar surface area (TPSA) is 57.3 Å². The molecule has 2 N–H and O–H groups in total. The lowest BCUT2D eigenvalue weighted by molar-refractivity contribution is -0.873. The van der Waals surface area contributed by atoms with E-state index in [1.165, 1.54) is 0 Å². The van der Waals surface area contributed by atoms with Crippen LogP contribution in [0.3, 0.4) is 0 Å². The van der Waals surface area contributed by atoms with Crippen molar-refractivity contribution in [2.75, 3.05) is 31.7 Å². The first kappa shape index (κ1) is 15.5. The van der Waals surface area contributed by atoms with Crippen LogP contribution in [0.5, 0.6) is 0 Å². The van der Waals surface area contributed by atoms with E-state index in [1.54, 1.807) is 11.8 Å². The fourth-order valence-corrected chi connectivity index (χ4v) is 2.41. The molecule has 102 valence electrons. The van der Waals surface area contributed by atoms with Gasteiger partial charge >= 0.3 is 0 Å². The average molecular weight is 278 g/mol. The molecule has 2 atom stereocenters. The summed E-state index contributed by atoms with van der Waals surface area (Å²) in [6.07, 6.45) is 1.98. The molecule has 0 saturated carbocycles. The van der Waals surface area contributed by atoms with Gasteiger partial charge in [0.15, 0.2) is 6.54 Å². The van der Waals surface area contributed by atoms with Crippen molar-refractivity contribution in [1.82, 2.24) is 0 Å². The highest BCUT2D eigenvalue weighted by Crippen LogP contribution is 2.24. The number of hydrogen-bond donors (Lipinski definition) is 2. The molecule has 5 heteroatoms. The second kappa shape index (κ2) is 7.82. The molecule has 0 aliphatic carbocycles. The fraction of sp³-hybridized carbons (Fsp3) is 0.429. The maximum atomic E-state index is 11.9. The predicted molar refractivity (Wildman–Crippen MR) is 78.3 cm³/mol. The van der Waals surface area contributed by atoms with E-state index in [9.17, 15) is 4.79 Å². The summed E-state index contributed by atoms with van der Waals surface area (Å²) in [4.78, 5) is 14.0. The molecule has 0 radical (unpaired) electrons. The fourth-order valence-electron chi connectivity index (χ4n) is 1.86. The van der Waals surface area contributed by atoms with Crippen LogP contribution in [0.2, 0.25) is 0 Å². The lowest BCUT2D eigenvalue weighted by Gasteiger charge is -2.15. The van der Waals surface area contributed by atoms with Gasteiger partial charge in [0.1, 0.15) is 0 Å².